The second kappa shape index (κ2) is 2.48. The van der Waals surface area contributed by atoms with Crippen LogP contribution in [0.15, 0.2) is 0 Å². The number of anilines is 1. The molecule has 0 radical (unpaired) electrons. The van der Waals surface area contributed by atoms with Gasteiger partial charge in [0, 0.05) is 19.2 Å². The highest BCUT2D eigenvalue weighted by Gasteiger charge is 2.17. The normalized spacial score (nSPS) is 16.7. The Balaban J connectivity index is 2.46. The number of aromatic nitrogens is 1. The van der Waals surface area contributed by atoms with Crippen LogP contribution < -0.4 is 4.90 Å². The molecule has 1 aromatic heterocycles. The lowest BCUT2D eigenvalue weighted by atomic mass is 10.1. The molecule has 0 unspecified atom stereocenters. The average Bonchev–Trinajstić information content (AvgIpc) is 2.35. The Kier molecular flexibility index (Phi) is 1.60. The van der Waals surface area contributed by atoms with Gasteiger partial charge in [-0.15, -0.1) is 0 Å². The second-order valence-electron chi connectivity index (χ2n) is 3.08. The summed E-state index contributed by atoms with van der Waals surface area (Å²) in [5, 5.41) is 1.38. The van der Waals surface area contributed by atoms with Crippen molar-refractivity contribution in [2.24, 2.45) is 0 Å². The summed E-state index contributed by atoms with van der Waals surface area (Å²) in [5.41, 5.74) is 2.71. The van der Waals surface area contributed by atoms with Gasteiger partial charge >= 0.3 is 0 Å². The van der Waals surface area contributed by atoms with Gasteiger partial charge < -0.3 is 4.90 Å². The minimum absolute atomic E-state index is 1.19. The number of hydrogen-bond donors (Lipinski definition) is 0. The minimum Gasteiger partial charge on any atom is -0.365 e. The first kappa shape index (κ1) is 7.10. The lowest BCUT2D eigenvalue weighted by molar-refractivity contribution is 0.749. The van der Waals surface area contributed by atoms with Crippen molar-refractivity contribution in [1.29, 1.82) is 0 Å². The van der Waals surface area contributed by atoms with Gasteiger partial charge in [0.1, 0.15) is 5.00 Å². The molecule has 11 heavy (non-hydrogen) atoms. The Bertz CT molecular complexity index is 267. The third kappa shape index (κ3) is 1.03. The number of nitrogens with zero attached hydrogens (tertiary/aromatic N) is 2. The lowest BCUT2D eigenvalue weighted by Gasteiger charge is -2.23. The number of rotatable bonds is 0. The lowest BCUT2D eigenvalue weighted by Crippen LogP contribution is -2.23. The summed E-state index contributed by atoms with van der Waals surface area (Å²) in [7, 11) is 2.15. The van der Waals surface area contributed by atoms with E-state index < -0.39 is 0 Å². The van der Waals surface area contributed by atoms with Crippen molar-refractivity contribution in [1.82, 2.24) is 4.37 Å². The molecular formula is C8H12N2S. The standard InChI is InChI=1S/C8H12N2S/c1-6-7-4-3-5-10(2)8(7)11-9-6/h3-5H2,1-2H3. The highest BCUT2D eigenvalue weighted by Crippen LogP contribution is 2.31. The zero-order chi connectivity index (χ0) is 7.84. The van der Waals surface area contributed by atoms with Crippen LogP contribution in [0.1, 0.15) is 17.7 Å². The van der Waals surface area contributed by atoms with E-state index in [2.05, 4.69) is 23.2 Å². The van der Waals surface area contributed by atoms with Crippen LogP contribution in [0.25, 0.3) is 0 Å². The van der Waals surface area contributed by atoms with Gasteiger partial charge in [-0.05, 0) is 31.3 Å². The summed E-state index contributed by atoms with van der Waals surface area (Å²) in [5.74, 6) is 0. The summed E-state index contributed by atoms with van der Waals surface area (Å²) >= 11 is 1.64. The van der Waals surface area contributed by atoms with E-state index in [9.17, 15) is 0 Å². The Labute approximate surface area is 71.0 Å². The van der Waals surface area contributed by atoms with Crippen molar-refractivity contribution < 1.29 is 0 Å². The van der Waals surface area contributed by atoms with E-state index in [-0.39, 0.29) is 0 Å². The van der Waals surface area contributed by atoms with Crippen LogP contribution in [-0.4, -0.2) is 18.0 Å². The number of aryl methyl sites for hydroxylation is 1. The Morgan fingerprint density at radius 2 is 2.36 bits per heavy atom. The van der Waals surface area contributed by atoms with Crippen molar-refractivity contribution in [3.63, 3.8) is 0 Å². The molecule has 1 aliphatic rings. The molecule has 2 rings (SSSR count). The fourth-order valence-corrected chi connectivity index (χ4v) is 2.48. The van der Waals surface area contributed by atoms with Crippen molar-refractivity contribution >= 4 is 16.5 Å². The molecule has 0 spiro atoms. The van der Waals surface area contributed by atoms with E-state index in [1.807, 2.05) is 0 Å². The predicted molar refractivity (Wildman–Crippen MR) is 48.4 cm³/mol. The van der Waals surface area contributed by atoms with Crippen molar-refractivity contribution in [3.05, 3.63) is 11.3 Å². The zero-order valence-electron chi connectivity index (χ0n) is 6.92. The van der Waals surface area contributed by atoms with Crippen molar-refractivity contribution in [2.45, 2.75) is 19.8 Å². The summed E-state index contributed by atoms with van der Waals surface area (Å²) in [6.45, 7) is 3.29. The number of hydrogen-bond acceptors (Lipinski definition) is 3. The molecule has 3 heteroatoms. The smallest absolute Gasteiger partial charge is 0.115 e. The third-order valence-corrected chi connectivity index (χ3v) is 3.33. The molecule has 60 valence electrons. The van der Waals surface area contributed by atoms with Gasteiger partial charge in [0.15, 0.2) is 0 Å². The summed E-state index contributed by atoms with van der Waals surface area (Å²) < 4.78 is 4.35. The average molecular weight is 168 g/mol. The molecule has 0 N–H and O–H groups in total. The van der Waals surface area contributed by atoms with Crippen LogP contribution >= 0.6 is 11.5 Å². The Morgan fingerprint density at radius 3 is 3.09 bits per heavy atom. The predicted octanol–water partition coefficient (Wildman–Crippen LogP) is 1.83. The van der Waals surface area contributed by atoms with E-state index in [0.717, 1.165) is 0 Å². The van der Waals surface area contributed by atoms with Gasteiger partial charge in [-0.25, -0.2) is 0 Å². The molecule has 0 saturated carbocycles. The third-order valence-electron chi connectivity index (χ3n) is 2.23. The first-order valence-corrected chi connectivity index (χ1v) is 4.72. The van der Waals surface area contributed by atoms with Gasteiger partial charge in [0.05, 0.1) is 5.69 Å². The molecule has 2 heterocycles. The van der Waals surface area contributed by atoms with E-state index in [4.69, 9.17) is 0 Å². The number of fused-ring (bicyclic) bond motifs is 1. The summed E-state index contributed by atoms with van der Waals surface area (Å²) in [6, 6.07) is 0. The molecule has 0 bridgehead atoms. The first-order valence-electron chi connectivity index (χ1n) is 3.95. The Morgan fingerprint density at radius 1 is 1.55 bits per heavy atom. The van der Waals surface area contributed by atoms with Gasteiger partial charge in [-0.2, -0.15) is 4.37 Å². The molecule has 0 fully saturated rings. The second-order valence-corrected chi connectivity index (χ2v) is 3.83. The van der Waals surface area contributed by atoms with E-state index >= 15 is 0 Å². The highest BCUT2D eigenvalue weighted by molar-refractivity contribution is 7.10. The van der Waals surface area contributed by atoms with Crippen LogP contribution in [0.2, 0.25) is 0 Å². The highest BCUT2D eigenvalue weighted by atomic mass is 32.1. The Hall–Kier alpha value is -0.570. The van der Waals surface area contributed by atoms with E-state index in [1.54, 1.807) is 11.5 Å². The van der Waals surface area contributed by atoms with Crippen molar-refractivity contribution in [3.8, 4) is 0 Å². The molecule has 1 aliphatic heterocycles. The molecule has 0 aliphatic carbocycles. The van der Waals surface area contributed by atoms with Crippen LogP contribution in [0.5, 0.6) is 0 Å². The van der Waals surface area contributed by atoms with Crippen LogP contribution in [-0.2, 0) is 6.42 Å². The van der Waals surface area contributed by atoms with E-state index in [0.29, 0.717) is 0 Å². The van der Waals surface area contributed by atoms with Crippen LogP contribution in [0, 0.1) is 6.92 Å². The maximum atomic E-state index is 4.35. The molecule has 0 saturated heterocycles. The monoisotopic (exact) mass is 168 g/mol. The SMILES string of the molecule is Cc1nsc2c1CCCN2C. The largest absolute Gasteiger partial charge is 0.365 e. The molecule has 0 aromatic carbocycles. The van der Waals surface area contributed by atoms with E-state index in [1.165, 1.54) is 35.6 Å². The molecule has 0 amide bonds. The summed E-state index contributed by atoms with van der Waals surface area (Å²) in [6.07, 6.45) is 2.50. The first-order chi connectivity index (χ1) is 5.29. The van der Waals surface area contributed by atoms with Gasteiger partial charge in [0.25, 0.3) is 0 Å². The molecule has 0 atom stereocenters. The zero-order valence-corrected chi connectivity index (χ0v) is 7.74. The summed E-state index contributed by atoms with van der Waals surface area (Å²) in [4.78, 5) is 2.31. The topological polar surface area (TPSA) is 16.1 Å². The van der Waals surface area contributed by atoms with Crippen LogP contribution in [0.3, 0.4) is 0 Å². The fraction of sp³-hybridized carbons (Fsp3) is 0.625. The van der Waals surface area contributed by atoms with Crippen molar-refractivity contribution in [2.75, 3.05) is 18.5 Å². The van der Waals surface area contributed by atoms with Gasteiger partial charge in [-0.1, -0.05) is 0 Å². The fourth-order valence-electron chi connectivity index (χ4n) is 1.56. The molecule has 2 nitrogen and oxygen atoms in total. The van der Waals surface area contributed by atoms with Gasteiger partial charge in [0.2, 0.25) is 0 Å². The molecular weight excluding hydrogens is 156 g/mol. The maximum absolute atomic E-state index is 4.35. The maximum Gasteiger partial charge on any atom is 0.115 e. The van der Waals surface area contributed by atoms with Gasteiger partial charge in [-0.3, -0.25) is 0 Å². The molecule has 1 aromatic rings. The minimum atomic E-state index is 1.19. The quantitative estimate of drug-likeness (QED) is 0.587. The van der Waals surface area contributed by atoms with Crippen LogP contribution in [0.4, 0.5) is 5.00 Å².